The fraction of sp³-hybridized carbons (Fsp3) is 0.231. The largest absolute Gasteiger partial charge is 0.378 e. The first-order valence-electron chi connectivity index (χ1n) is 10.8. The van der Waals surface area contributed by atoms with Gasteiger partial charge >= 0.3 is 7.60 Å². The predicted octanol–water partition coefficient (Wildman–Crippen LogP) is 7.07. The summed E-state index contributed by atoms with van der Waals surface area (Å²) >= 11 is 6.40. The van der Waals surface area contributed by atoms with Gasteiger partial charge in [-0.3, -0.25) is 4.57 Å². The molecule has 0 bridgehead atoms. The number of hydrogen-bond acceptors (Lipinski definition) is 3. The summed E-state index contributed by atoms with van der Waals surface area (Å²) in [7, 11) is -3.63. The first-order chi connectivity index (χ1) is 15.5. The van der Waals surface area contributed by atoms with Crippen LogP contribution < -0.4 is 5.44 Å². The van der Waals surface area contributed by atoms with Gasteiger partial charge in [0.1, 0.15) is 5.44 Å². The highest BCUT2D eigenvalue weighted by Crippen LogP contribution is 2.50. The topological polar surface area (TPSA) is 40.5 Å². The summed E-state index contributed by atoms with van der Waals surface area (Å²) < 4.78 is 27.8. The molecule has 0 aliphatic heterocycles. The normalized spacial score (nSPS) is 11.9. The van der Waals surface area contributed by atoms with Crippen LogP contribution in [0.3, 0.4) is 0 Å². The van der Waals surface area contributed by atoms with Crippen LogP contribution in [0.2, 0.25) is 5.02 Å². The third kappa shape index (κ3) is 4.42. The first kappa shape index (κ1) is 22.8. The minimum Gasteiger partial charge on any atom is -0.306 e. The van der Waals surface area contributed by atoms with Crippen LogP contribution in [-0.4, -0.2) is 17.8 Å². The minimum atomic E-state index is -3.63. The SMILES string of the molecule is CCOP(=O)(OCC)c1c2cc(Cl)ccc2c(Cc2ccccc2)n1-c1ccc(C)cc1. The molecule has 0 amide bonds. The second-order valence-electron chi connectivity index (χ2n) is 7.63. The van der Waals surface area contributed by atoms with Crippen LogP contribution in [0.1, 0.15) is 30.7 Å². The van der Waals surface area contributed by atoms with Crippen LogP contribution in [0.4, 0.5) is 0 Å². The Morgan fingerprint density at radius 1 is 0.875 bits per heavy atom. The summed E-state index contributed by atoms with van der Waals surface area (Å²) in [4.78, 5) is 0. The molecule has 0 aliphatic carbocycles. The van der Waals surface area contributed by atoms with E-state index in [4.69, 9.17) is 20.6 Å². The fourth-order valence-electron chi connectivity index (χ4n) is 4.03. The molecule has 32 heavy (non-hydrogen) atoms. The van der Waals surface area contributed by atoms with Gasteiger partial charge in [-0.2, -0.15) is 0 Å². The average Bonchev–Trinajstić information content (AvgIpc) is 3.09. The zero-order valence-corrected chi connectivity index (χ0v) is 20.2. The van der Waals surface area contributed by atoms with Gasteiger partial charge in [0.15, 0.2) is 0 Å². The molecule has 6 heteroatoms. The van der Waals surface area contributed by atoms with Gasteiger partial charge < -0.3 is 13.6 Å². The van der Waals surface area contributed by atoms with Gasteiger partial charge in [-0.15, -0.1) is 0 Å². The molecule has 0 unspecified atom stereocenters. The highest BCUT2D eigenvalue weighted by atomic mass is 35.5. The summed E-state index contributed by atoms with van der Waals surface area (Å²) in [6, 6.07) is 24.1. The molecule has 1 heterocycles. The summed E-state index contributed by atoms with van der Waals surface area (Å²) in [5.74, 6) is 0. The van der Waals surface area contributed by atoms with Crippen LogP contribution in [0, 0.1) is 6.92 Å². The average molecular weight is 468 g/mol. The lowest BCUT2D eigenvalue weighted by atomic mass is 10.1. The van der Waals surface area contributed by atoms with Crippen LogP contribution >= 0.6 is 19.2 Å². The van der Waals surface area contributed by atoms with Crippen LogP contribution in [0.5, 0.6) is 0 Å². The number of halogens is 1. The molecule has 1 aromatic heterocycles. The maximum atomic E-state index is 14.2. The Balaban J connectivity index is 2.10. The van der Waals surface area contributed by atoms with Crippen molar-refractivity contribution in [2.45, 2.75) is 27.2 Å². The van der Waals surface area contributed by atoms with Crippen molar-refractivity contribution in [1.82, 2.24) is 4.57 Å². The molecule has 0 radical (unpaired) electrons. The number of hydrogen-bond donors (Lipinski definition) is 0. The monoisotopic (exact) mass is 467 g/mol. The Morgan fingerprint density at radius 3 is 2.16 bits per heavy atom. The minimum absolute atomic E-state index is 0.270. The lowest BCUT2D eigenvalue weighted by Gasteiger charge is -2.21. The fourth-order valence-corrected chi connectivity index (χ4v) is 6.16. The molecular formula is C26H27ClNO3P. The Bertz CT molecular complexity index is 1260. The Hall–Kier alpha value is -2.36. The Kier molecular flexibility index (Phi) is 6.88. The predicted molar refractivity (Wildman–Crippen MR) is 133 cm³/mol. The molecule has 166 valence electrons. The van der Waals surface area contributed by atoms with Crippen LogP contribution in [-0.2, 0) is 20.0 Å². The second-order valence-corrected chi connectivity index (χ2v) is 10.00. The smallest absolute Gasteiger partial charge is 0.306 e. The standard InChI is InChI=1S/C26H27ClNO3P/c1-4-30-32(29,31-5-2)26-24-18-21(27)13-16-23(24)25(17-20-9-7-6-8-10-20)28(26)22-14-11-19(3)12-15-22/h6-16,18H,4-5,17H2,1-3H3. The second kappa shape index (κ2) is 9.64. The van der Waals surface area contributed by atoms with E-state index in [9.17, 15) is 4.57 Å². The molecule has 4 aromatic rings. The van der Waals surface area contributed by atoms with Crippen molar-refractivity contribution in [1.29, 1.82) is 0 Å². The molecule has 3 aromatic carbocycles. The van der Waals surface area contributed by atoms with E-state index in [2.05, 4.69) is 24.3 Å². The molecular weight excluding hydrogens is 441 g/mol. The highest BCUT2D eigenvalue weighted by Gasteiger charge is 2.35. The lowest BCUT2D eigenvalue weighted by molar-refractivity contribution is 0.229. The third-order valence-electron chi connectivity index (χ3n) is 5.38. The van der Waals surface area contributed by atoms with Crippen LogP contribution in [0.15, 0.2) is 72.8 Å². The van der Waals surface area contributed by atoms with E-state index in [1.165, 1.54) is 0 Å². The maximum absolute atomic E-state index is 14.2. The van der Waals surface area contributed by atoms with Gasteiger partial charge in [0.05, 0.1) is 13.2 Å². The maximum Gasteiger partial charge on any atom is 0.378 e. The van der Waals surface area contributed by atoms with E-state index in [1.54, 1.807) is 0 Å². The summed E-state index contributed by atoms with van der Waals surface area (Å²) in [5, 5.41) is 2.34. The number of aryl methyl sites for hydroxylation is 1. The third-order valence-corrected chi connectivity index (χ3v) is 7.77. The molecule has 0 saturated heterocycles. The number of benzene rings is 3. The van der Waals surface area contributed by atoms with Crippen molar-refractivity contribution in [3.63, 3.8) is 0 Å². The van der Waals surface area contributed by atoms with Crippen molar-refractivity contribution in [3.8, 4) is 5.69 Å². The van der Waals surface area contributed by atoms with Crippen molar-refractivity contribution in [2.75, 3.05) is 13.2 Å². The zero-order valence-electron chi connectivity index (χ0n) is 18.5. The zero-order chi connectivity index (χ0) is 22.7. The number of nitrogens with zero attached hydrogens (tertiary/aromatic N) is 1. The Labute approximate surface area is 194 Å². The summed E-state index contributed by atoms with van der Waals surface area (Å²) in [5.41, 5.74) is 4.75. The van der Waals surface area contributed by atoms with Gasteiger partial charge in [-0.25, -0.2) is 0 Å². The summed E-state index contributed by atoms with van der Waals surface area (Å²) in [6.45, 7) is 6.24. The van der Waals surface area contributed by atoms with Gasteiger partial charge in [0, 0.05) is 33.6 Å². The van der Waals surface area contributed by atoms with E-state index in [0.717, 1.165) is 33.3 Å². The summed E-state index contributed by atoms with van der Waals surface area (Å²) in [6.07, 6.45) is 0.658. The Morgan fingerprint density at radius 2 is 1.53 bits per heavy atom. The van der Waals surface area contributed by atoms with E-state index in [-0.39, 0.29) is 13.2 Å². The van der Waals surface area contributed by atoms with E-state index in [1.807, 2.05) is 73.9 Å². The van der Waals surface area contributed by atoms with Gasteiger partial charge in [0.25, 0.3) is 0 Å². The van der Waals surface area contributed by atoms with Crippen molar-refractivity contribution >= 4 is 35.4 Å². The van der Waals surface area contributed by atoms with Gasteiger partial charge in [-0.1, -0.05) is 65.7 Å². The van der Waals surface area contributed by atoms with Crippen molar-refractivity contribution in [2.24, 2.45) is 0 Å². The van der Waals surface area contributed by atoms with Gasteiger partial charge in [0.2, 0.25) is 0 Å². The molecule has 0 aliphatic rings. The molecule has 4 nitrogen and oxygen atoms in total. The molecule has 0 saturated carbocycles. The molecule has 0 atom stereocenters. The lowest BCUT2D eigenvalue weighted by Crippen LogP contribution is -2.21. The van der Waals surface area contributed by atoms with Crippen LogP contribution in [0.25, 0.3) is 16.5 Å². The quantitative estimate of drug-likeness (QED) is 0.260. The number of rotatable bonds is 8. The number of fused-ring (bicyclic) bond motifs is 1. The highest BCUT2D eigenvalue weighted by molar-refractivity contribution is 7.62. The number of aromatic nitrogens is 1. The molecule has 0 fully saturated rings. The first-order valence-corrected chi connectivity index (χ1v) is 12.7. The van der Waals surface area contributed by atoms with E-state index in [0.29, 0.717) is 16.9 Å². The van der Waals surface area contributed by atoms with E-state index < -0.39 is 7.60 Å². The molecule has 0 spiro atoms. The molecule has 4 rings (SSSR count). The molecule has 0 N–H and O–H groups in total. The van der Waals surface area contributed by atoms with Crippen molar-refractivity contribution < 1.29 is 13.6 Å². The van der Waals surface area contributed by atoms with Crippen molar-refractivity contribution in [3.05, 3.63) is 94.6 Å². The van der Waals surface area contributed by atoms with E-state index >= 15 is 0 Å². The van der Waals surface area contributed by atoms with Gasteiger partial charge in [-0.05, 0) is 50.6 Å².